The third-order valence-electron chi connectivity index (χ3n) is 2.40. The predicted molar refractivity (Wildman–Crippen MR) is 78.8 cm³/mol. The fraction of sp³-hybridized carbons (Fsp3) is 0.462. The predicted octanol–water partition coefficient (Wildman–Crippen LogP) is 1.93. The number of carbonyl (C=O) groups is 1. The fourth-order valence-corrected chi connectivity index (χ4v) is 2.02. The Bertz CT molecular complexity index is 396. The topological polar surface area (TPSA) is 44.4 Å². The summed E-state index contributed by atoms with van der Waals surface area (Å²) in [6.45, 7) is 3.28. The number of rotatable bonds is 6. The van der Waals surface area contributed by atoms with Crippen LogP contribution in [-0.4, -0.2) is 44.0 Å². The van der Waals surface area contributed by atoms with Crippen LogP contribution in [0, 0.1) is 0 Å². The van der Waals surface area contributed by atoms with Gasteiger partial charge in [0.15, 0.2) is 0 Å². The van der Waals surface area contributed by atoms with Crippen LogP contribution in [0.4, 0.5) is 5.69 Å². The van der Waals surface area contributed by atoms with Gasteiger partial charge >= 0.3 is 0 Å². The number of nitrogens with zero attached hydrogens (tertiary/aromatic N) is 1. The van der Waals surface area contributed by atoms with Crippen molar-refractivity contribution >= 4 is 27.5 Å². The van der Waals surface area contributed by atoms with Crippen molar-refractivity contribution < 1.29 is 4.79 Å². The van der Waals surface area contributed by atoms with Gasteiger partial charge in [-0.3, -0.25) is 4.79 Å². The molecule has 0 aliphatic heterocycles. The van der Waals surface area contributed by atoms with E-state index < -0.39 is 0 Å². The van der Waals surface area contributed by atoms with Gasteiger partial charge in [-0.25, -0.2) is 0 Å². The molecule has 0 radical (unpaired) electrons. The lowest BCUT2D eigenvalue weighted by Crippen LogP contribution is -2.40. The number of likely N-dealkylation sites (N-methyl/N-ethyl adjacent to an activating group) is 1. The number of halogens is 1. The Balaban J connectivity index is 2.36. The molecule has 0 aliphatic carbocycles. The summed E-state index contributed by atoms with van der Waals surface area (Å²) in [5, 5.41) is 6.04. The molecule has 0 aliphatic rings. The lowest BCUT2D eigenvalue weighted by Gasteiger charge is -2.18. The smallest absolute Gasteiger partial charge is 0.238 e. The zero-order valence-corrected chi connectivity index (χ0v) is 12.6. The summed E-state index contributed by atoms with van der Waals surface area (Å²) in [6.07, 6.45) is 0. The van der Waals surface area contributed by atoms with Crippen LogP contribution in [-0.2, 0) is 4.79 Å². The van der Waals surface area contributed by atoms with E-state index in [1.807, 2.05) is 38.4 Å². The largest absolute Gasteiger partial charge is 0.324 e. The number of benzene rings is 1. The molecule has 18 heavy (non-hydrogen) atoms. The Morgan fingerprint density at radius 1 is 1.39 bits per heavy atom. The van der Waals surface area contributed by atoms with Gasteiger partial charge in [0.1, 0.15) is 0 Å². The SMILES string of the molecule is CC(CN(C)C)NCC(=O)Nc1ccccc1Br. The molecule has 0 saturated carbocycles. The first-order valence-corrected chi connectivity index (χ1v) is 6.71. The van der Waals surface area contributed by atoms with E-state index in [0.29, 0.717) is 6.54 Å². The molecule has 5 heteroatoms. The summed E-state index contributed by atoms with van der Waals surface area (Å²) in [4.78, 5) is 13.8. The molecule has 1 atom stereocenters. The second-order valence-electron chi connectivity index (χ2n) is 4.57. The normalized spacial score (nSPS) is 12.5. The van der Waals surface area contributed by atoms with Gasteiger partial charge in [-0.2, -0.15) is 0 Å². The average Bonchev–Trinajstić information content (AvgIpc) is 2.29. The van der Waals surface area contributed by atoms with Crippen LogP contribution in [0.5, 0.6) is 0 Å². The molecule has 0 aromatic heterocycles. The van der Waals surface area contributed by atoms with E-state index in [2.05, 4.69) is 38.4 Å². The van der Waals surface area contributed by atoms with E-state index in [-0.39, 0.29) is 11.9 Å². The molecule has 1 amide bonds. The molecule has 1 aromatic carbocycles. The standard InChI is InChI=1S/C13H20BrN3O/c1-10(9-17(2)3)15-8-13(18)16-12-7-5-4-6-11(12)14/h4-7,10,15H,8-9H2,1-3H3,(H,16,18). The van der Waals surface area contributed by atoms with Crippen molar-refractivity contribution in [2.24, 2.45) is 0 Å². The van der Waals surface area contributed by atoms with Crippen molar-refractivity contribution in [3.8, 4) is 0 Å². The summed E-state index contributed by atoms with van der Waals surface area (Å²) in [6, 6.07) is 7.85. The van der Waals surface area contributed by atoms with Crippen molar-refractivity contribution in [2.45, 2.75) is 13.0 Å². The summed E-state index contributed by atoms with van der Waals surface area (Å²) in [7, 11) is 4.03. The highest BCUT2D eigenvalue weighted by Crippen LogP contribution is 2.20. The Hall–Kier alpha value is -0.910. The maximum Gasteiger partial charge on any atom is 0.238 e. The Morgan fingerprint density at radius 2 is 2.06 bits per heavy atom. The van der Waals surface area contributed by atoms with E-state index in [9.17, 15) is 4.79 Å². The minimum atomic E-state index is -0.0347. The Labute approximate surface area is 117 Å². The number of hydrogen-bond donors (Lipinski definition) is 2. The molecule has 1 unspecified atom stereocenters. The molecule has 4 nitrogen and oxygen atoms in total. The van der Waals surface area contributed by atoms with Gasteiger partial charge in [0.05, 0.1) is 12.2 Å². The second-order valence-corrected chi connectivity index (χ2v) is 5.43. The monoisotopic (exact) mass is 313 g/mol. The van der Waals surface area contributed by atoms with Crippen LogP contribution in [0.15, 0.2) is 28.7 Å². The van der Waals surface area contributed by atoms with E-state index >= 15 is 0 Å². The maximum atomic E-state index is 11.7. The van der Waals surface area contributed by atoms with Crippen molar-refractivity contribution in [3.63, 3.8) is 0 Å². The van der Waals surface area contributed by atoms with Gasteiger partial charge in [-0.05, 0) is 49.1 Å². The summed E-state index contributed by atoms with van der Waals surface area (Å²) in [5.41, 5.74) is 0.796. The second kappa shape index (κ2) is 7.51. The molecule has 2 N–H and O–H groups in total. The van der Waals surface area contributed by atoms with Gasteiger partial charge < -0.3 is 15.5 Å². The van der Waals surface area contributed by atoms with Crippen LogP contribution in [0.2, 0.25) is 0 Å². The van der Waals surface area contributed by atoms with Gasteiger partial charge in [-0.15, -0.1) is 0 Å². The summed E-state index contributed by atoms with van der Waals surface area (Å²) >= 11 is 3.40. The van der Waals surface area contributed by atoms with Crippen LogP contribution < -0.4 is 10.6 Å². The highest BCUT2D eigenvalue weighted by molar-refractivity contribution is 9.10. The zero-order chi connectivity index (χ0) is 13.5. The highest BCUT2D eigenvalue weighted by Gasteiger charge is 2.07. The Morgan fingerprint density at radius 3 is 2.67 bits per heavy atom. The summed E-state index contributed by atoms with van der Waals surface area (Å²) in [5.74, 6) is -0.0347. The zero-order valence-electron chi connectivity index (χ0n) is 11.0. The third kappa shape index (κ3) is 5.62. The first-order chi connectivity index (χ1) is 8.49. The number of carbonyl (C=O) groups excluding carboxylic acids is 1. The number of nitrogens with one attached hydrogen (secondary N) is 2. The van der Waals surface area contributed by atoms with Gasteiger partial charge in [0.2, 0.25) is 5.91 Å². The molecular weight excluding hydrogens is 294 g/mol. The molecular formula is C13H20BrN3O. The molecule has 1 rings (SSSR count). The average molecular weight is 314 g/mol. The molecule has 0 saturated heterocycles. The van der Waals surface area contributed by atoms with E-state index in [1.165, 1.54) is 0 Å². The van der Waals surface area contributed by atoms with Crippen molar-refractivity contribution in [1.82, 2.24) is 10.2 Å². The van der Waals surface area contributed by atoms with Gasteiger partial charge in [-0.1, -0.05) is 12.1 Å². The summed E-state index contributed by atoms with van der Waals surface area (Å²) < 4.78 is 0.889. The van der Waals surface area contributed by atoms with Crippen molar-refractivity contribution in [2.75, 3.05) is 32.5 Å². The van der Waals surface area contributed by atoms with Gasteiger partial charge in [0.25, 0.3) is 0 Å². The lowest BCUT2D eigenvalue weighted by atomic mass is 10.3. The molecule has 0 heterocycles. The lowest BCUT2D eigenvalue weighted by molar-refractivity contribution is -0.115. The number of hydrogen-bond acceptors (Lipinski definition) is 3. The third-order valence-corrected chi connectivity index (χ3v) is 3.09. The van der Waals surface area contributed by atoms with Crippen molar-refractivity contribution in [3.05, 3.63) is 28.7 Å². The van der Waals surface area contributed by atoms with Crippen LogP contribution in [0.3, 0.4) is 0 Å². The van der Waals surface area contributed by atoms with E-state index in [1.54, 1.807) is 0 Å². The molecule has 1 aromatic rings. The van der Waals surface area contributed by atoms with Crippen LogP contribution >= 0.6 is 15.9 Å². The molecule has 0 fully saturated rings. The van der Waals surface area contributed by atoms with E-state index in [0.717, 1.165) is 16.7 Å². The molecule has 0 spiro atoms. The number of amides is 1. The van der Waals surface area contributed by atoms with Crippen LogP contribution in [0.1, 0.15) is 6.92 Å². The van der Waals surface area contributed by atoms with Crippen LogP contribution in [0.25, 0.3) is 0 Å². The van der Waals surface area contributed by atoms with Gasteiger partial charge in [0, 0.05) is 17.1 Å². The number of para-hydroxylation sites is 1. The Kier molecular flexibility index (Phi) is 6.32. The van der Waals surface area contributed by atoms with Crippen molar-refractivity contribution in [1.29, 1.82) is 0 Å². The fourth-order valence-electron chi connectivity index (χ4n) is 1.64. The minimum Gasteiger partial charge on any atom is -0.324 e. The van der Waals surface area contributed by atoms with E-state index in [4.69, 9.17) is 0 Å². The maximum absolute atomic E-state index is 11.7. The number of anilines is 1. The minimum absolute atomic E-state index is 0.0347. The molecule has 100 valence electrons. The molecule has 0 bridgehead atoms. The first-order valence-electron chi connectivity index (χ1n) is 5.91. The quantitative estimate of drug-likeness (QED) is 0.843. The first kappa shape index (κ1) is 15.1. The highest BCUT2D eigenvalue weighted by atomic mass is 79.9.